The molecule has 0 saturated carbocycles. The fourth-order valence-corrected chi connectivity index (χ4v) is 4.87. The number of hydrogen-bond acceptors (Lipinski definition) is 7. The van der Waals surface area contributed by atoms with Crippen molar-refractivity contribution >= 4 is 34.1 Å². The average Bonchev–Trinajstić information content (AvgIpc) is 3.43. The van der Waals surface area contributed by atoms with Gasteiger partial charge in [-0.3, -0.25) is 4.79 Å². The van der Waals surface area contributed by atoms with Crippen LogP contribution in [0, 0.1) is 0 Å². The fourth-order valence-electron chi connectivity index (χ4n) is 3.16. The largest absolute Gasteiger partial charge is 0.497 e. The van der Waals surface area contributed by atoms with Crippen LogP contribution in [0.3, 0.4) is 0 Å². The molecule has 0 aliphatic heterocycles. The molecule has 2 aromatic heterocycles. The number of nitrogens with zero attached hydrogens (tertiary/aromatic N) is 4. The Morgan fingerprint density at radius 3 is 2.62 bits per heavy atom. The number of carbonyl (C=O) groups is 1. The second-order valence-corrected chi connectivity index (χ2v) is 8.84. The third-order valence-electron chi connectivity index (χ3n) is 4.72. The number of aryl methyl sites for hydroxylation is 1. The Balaban J connectivity index is 1.55. The van der Waals surface area contributed by atoms with Crippen molar-refractivity contribution < 1.29 is 9.53 Å². The Morgan fingerprint density at radius 2 is 1.91 bits per heavy atom. The third-order valence-corrected chi connectivity index (χ3v) is 6.52. The van der Waals surface area contributed by atoms with E-state index in [1.165, 1.54) is 23.8 Å². The molecule has 1 amide bonds. The Kier molecular flexibility index (Phi) is 7.18. The Bertz CT molecular complexity index is 1170. The molecule has 9 heteroatoms. The van der Waals surface area contributed by atoms with Crippen molar-refractivity contribution in [2.45, 2.75) is 30.8 Å². The first kappa shape index (κ1) is 22.0. The maximum absolute atomic E-state index is 11.2. The minimum Gasteiger partial charge on any atom is -0.497 e. The zero-order chi connectivity index (χ0) is 22.3. The lowest BCUT2D eigenvalue weighted by molar-refractivity contribution is -0.114. The summed E-state index contributed by atoms with van der Waals surface area (Å²) in [4.78, 5) is 15.7. The number of thiazole rings is 1. The highest BCUT2D eigenvalue weighted by atomic mass is 32.2. The van der Waals surface area contributed by atoms with Crippen molar-refractivity contribution in [1.29, 1.82) is 0 Å². The van der Waals surface area contributed by atoms with Crippen molar-refractivity contribution in [1.82, 2.24) is 19.7 Å². The van der Waals surface area contributed by atoms with Gasteiger partial charge in [0.2, 0.25) is 5.91 Å². The van der Waals surface area contributed by atoms with Crippen molar-refractivity contribution in [3.05, 3.63) is 71.2 Å². The van der Waals surface area contributed by atoms with Crippen LogP contribution in [0.5, 0.6) is 5.75 Å². The van der Waals surface area contributed by atoms with Crippen LogP contribution in [0.15, 0.2) is 65.1 Å². The van der Waals surface area contributed by atoms with Gasteiger partial charge >= 0.3 is 0 Å². The maximum atomic E-state index is 11.2. The van der Waals surface area contributed by atoms with Gasteiger partial charge in [-0.15, -0.1) is 21.5 Å². The quantitative estimate of drug-likeness (QED) is 0.354. The molecule has 0 atom stereocenters. The number of ether oxygens (including phenoxy) is 1. The SMILES string of the molecule is COc1ccc(-c2nnc(SCc3csc(NC(C)=O)n3)n2CCc2ccccc2)cc1. The number of benzene rings is 2. The monoisotopic (exact) mass is 465 g/mol. The number of amides is 1. The predicted octanol–water partition coefficient (Wildman–Crippen LogP) is 4.90. The summed E-state index contributed by atoms with van der Waals surface area (Å²) in [5.41, 5.74) is 3.14. The van der Waals surface area contributed by atoms with E-state index in [2.05, 4.69) is 49.3 Å². The molecule has 4 aromatic rings. The van der Waals surface area contributed by atoms with Gasteiger partial charge in [0.25, 0.3) is 0 Å². The van der Waals surface area contributed by atoms with Crippen LogP contribution in [-0.2, 0) is 23.5 Å². The first-order valence-electron chi connectivity index (χ1n) is 10.1. The summed E-state index contributed by atoms with van der Waals surface area (Å²) >= 11 is 3.01. The molecule has 7 nitrogen and oxygen atoms in total. The fraction of sp³-hybridized carbons (Fsp3) is 0.217. The highest BCUT2D eigenvalue weighted by molar-refractivity contribution is 7.98. The number of methoxy groups -OCH3 is 1. The molecule has 2 aromatic carbocycles. The summed E-state index contributed by atoms with van der Waals surface area (Å²) in [6.45, 7) is 2.24. The molecule has 2 heterocycles. The lowest BCUT2D eigenvalue weighted by Gasteiger charge is -2.11. The summed E-state index contributed by atoms with van der Waals surface area (Å²) in [6.07, 6.45) is 0.874. The van der Waals surface area contributed by atoms with Gasteiger partial charge in [0.05, 0.1) is 12.8 Å². The van der Waals surface area contributed by atoms with E-state index in [1.807, 2.05) is 35.7 Å². The summed E-state index contributed by atoms with van der Waals surface area (Å²) in [5, 5.41) is 15.1. The zero-order valence-corrected chi connectivity index (χ0v) is 19.4. The van der Waals surface area contributed by atoms with E-state index >= 15 is 0 Å². The number of thioether (sulfide) groups is 1. The number of hydrogen-bond donors (Lipinski definition) is 1. The summed E-state index contributed by atoms with van der Waals surface area (Å²) in [7, 11) is 1.65. The van der Waals surface area contributed by atoms with Crippen LogP contribution >= 0.6 is 23.1 Å². The number of anilines is 1. The van der Waals surface area contributed by atoms with Crippen LogP contribution in [-0.4, -0.2) is 32.8 Å². The number of nitrogens with one attached hydrogen (secondary N) is 1. The Labute approximate surface area is 194 Å². The summed E-state index contributed by atoms with van der Waals surface area (Å²) in [5.74, 6) is 2.14. The van der Waals surface area contributed by atoms with Gasteiger partial charge < -0.3 is 14.6 Å². The highest BCUT2D eigenvalue weighted by Crippen LogP contribution is 2.29. The molecule has 32 heavy (non-hydrogen) atoms. The van der Waals surface area contributed by atoms with E-state index in [9.17, 15) is 4.79 Å². The molecule has 0 fully saturated rings. The Morgan fingerprint density at radius 1 is 1.12 bits per heavy atom. The van der Waals surface area contributed by atoms with E-state index in [0.29, 0.717) is 10.9 Å². The second-order valence-electron chi connectivity index (χ2n) is 7.04. The zero-order valence-electron chi connectivity index (χ0n) is 17.8. The molecule has 0 aliphatic carbocycles. The van der Waals surface area contributed by atoms with Gasteiger partial charge in [0.1, 0.15) is 5.75 Å². The molecule has 4 rings (SSSR count). The summed E-state index contributed by atoms with van der Waals surface area (Å²) < 4.78 is 7.43. The van der Waals surface area contributed by atoms with Crippen LogP contribution in [0.1, 0.15) is 18.2 Å². The van der Waals surface area contributed by atoms with E-state index in [-0.39, 0.29) is 5.91 Å². The van der Waals surface area contributed by atoms with Gasteiger partial charge in [0.15, 0.2) is 16.1 Å². The maximum Gasteiger partial charge on any atom is 0.223 e. The minimum atomic E-state index is -0.122. The minimum absolute atomic E-state index is 0.122. The van der Waals surface area contributed by atoms with Gasteiger partial charge in [0, 0.05) is 30.2 Å². The molecule has 0 radical (unpaired) electrons. The van der Waals surface area contributed by atoms with Crippen molar-refractivity contribution in [3.8, 4) is 17.1 Å². The number of carbonyl (C=O) groups excluding carboxylic acids is 1. The van der Waals surface area contributed by atoms with Crippen LogP contribution in [0.2, 0.25) is 0 Å². The first-order valence-corrected chi connectivity index (χ1v) is 12.0. The van der Waals surface area contributed by atoms with E-state index in [1.54, 1.807) is 18.9 Å². The lowest BCUT2D eigenvalue weighted by Crippen LogP contribution is -2.06. The van der Waals surface area contributed by atoms with Gasteiger partial charge in [-0.05, 0) is 36.2 Å². The lowest BCUT2D eigenvalue weighted by atomic mass is 10.1. The number of aromatic nitrogens is 4. The van der Waals surface area contributed by atoms with Gasteiger partial charge in [-0.1, -0.05) is 42.1 Å². The van der Waals surface area contributed by atoms with Crippen LogP contribution in [0.4, 0.5) is 5.13 Å². The Hall–Kier alpha value is -3.17. The molecule has 0 unspecified atom stereocenters. The summed E-state index contributed by atoms with van der Waals surface area (Å²) in [6, 6.07) is 18.2. The normalized spacial score (nSPS) is 10.8. The van der Waals surface area contributed by atoms with Gasteiger partial charge in [-0.25, -0.2) is 4.98 Å². The third kappa shape index (κ3) is 5.54. The smallest absolute Gasteiger partial charge is 0.223 e. The molecular weight excluding hydrogens is 442 g/mol. The van der Waals surface area contributed by atoms with Crippen molar-refractivity contribution in [2.24, 2.45) is 0 Å². The highest BCUT2D eigenvalue weighted by Gasteiger charge is 2.16. The van der Waals surface area contributed by atoms with E-state index in [0.717, 1.165) is 41.0 Å². The van der Waals surface area contributed by atoms with E-state index in [4.69, 9.17) is 4.74 Å². The molecular formula is C23H23N5O2S2. The molecule has 1 N–H and O–H groups in total. The topological polar surface area (TPSA) is 81.9 Å². The standard InChI is InChI=1S/C23H23N5O2S2/c1-16(29)24-22-25-19(14-31-22)15-32-23-27-26-21(18-8-10-20(30-2)11-9-18)28(23)13-12-17-6-4-3-5-7-17/h3-11,14H,12-13,15H2,1-2H3,(H,24,25,29). The first-order chi connectivity index (χ1) is 15.6. The predicted molar refractivity (Wildman–Crippen MR) is 128 cm³/mol. The molecule has 0 bridgehead atoms. The van der Waals surface area contributed by atoms with Crippen LogP contribution in [0.25, 0.3) is 11.4 Å². The van der Waals surface area contributed by atoms with Gasteiger partial charge in [-0.2, -0.15) is 0 Å². The average molecular weight is 466 g/mol. The molecule has 0 spiro atoms. The second kappa shape index (κ2) is 10.4. The van der Waals surface area contributed by atoms with Crippen molar-refractivity contribution in [3.63, 3.8) is 0 Å². The molecule has 164 valence electrons. The molecule has 0 saturated heterocycles. The van der Waals surface area contributed by atoms with Crippen LogP contribution < -0.4 is 10.1 Å². The van der Waals surface area contributed by atoms with Crippen molar-refractivity contribution in [2.75, 3.05) is 12.4 Å². The van der Waals surface area contributed by atoms with E-state index < -0.39 is 0 Å². The molecule has 0 aliphatic rings. The number of rotatable bonds is 9.